The van der Waals surface area contributed by atoms with Crippen LogP contribution in [0.1, 0.15) is 37.5 Å². The molecule has 170 valence electrons. The van der Waals surface area contributed by atoms with Crippen molar-refractivity contribution in [2.45, 2.75) is 32.5 Å². The van der Waals surface area contributed by atoms with Gasteiger partial charge in [0.25, 0.3) is 0 Å². The van der Waals surface area contributed by atoms with E-state index in [9.17, 15) is 18.0 Å². The predicted octanol–water partition coefficient (Wildman–Crippen LogP) is 5.55. The summed E-state index contributed by atoms with van der Waals surface area (Å²) in [4.78, 5) is 10.6. The molecule has 0 aliphatic heterocycles. The molecular weight excluding hydrogens is 423 g/mol. The van der Waals surface area contributed by atoms with E-state index in [1.165, 1.54) is 4.68 Å². The quantitative estimate of drug-likeness (QED) is 0.450. The van der Waals surface area contributed by atoms with Gasteiger partial charge >= 0.3 is 12.1 Å². The summed E-state index contributed by atoms with van der Waals surface area (Å²) in [5.41, 5.74) is 1.46. The molecular formula is C23H24F3N3O3. The van der Waals surface area contributed by atoms with Crippen molar-refractivity contribution < 1.29 is 27.8 Å². The fraction of sp³-hybridized carbons (Fsp3) is 0.304. The molecule has 0 spiro atoms. The summed E-state index contributed by atoms with van der Waals surface area (Å²) >= 11 is 0. The van der Waals surface area contributed by atoms with Gasteiger partial charge in [-0.05, 0) is 47.9 Å². The predicted molar refractivity (Wildman–Crippen MR) is 114 cm³/mol. The molecule has 2 N–H and O–H groups in total. The molecule has 3 aromatic rings. The van der Waals surface area contributed by atoms with E-state index in [2.05, 4.69) is 10.4 Å². The van der Waals surface area contributed by atoms with Gasteiger partial charge in [0, 0.05) is 18.4 Å². The average molecular weight is 447 g/mol. The number of nitrogens with one attached hydrogen (secondary N) is 1. The van der Waals surface area contributed by atoms with Crippen LogP contribution in [-0.2, 0) is 11.0 Å². The van der Waals surface area contributed by atoms with E-state index in [0.717, 1.165) is 23.6 Å². The minimum absolute atomic E-state index is 0.0333. The van der Waals surface area contributed by atoms with Gasteiger partial charge in [-0.2, -0.15) is 18.3 Å². The second-order valence-electron chi connectivity index (χ2n) is 7.64. The Kier molecular flexibility index (Phi) is 7.07. The summed E-state index contributed by atoms with van der Waals surface area (Å²) in [6, 6.07) is 14.3. The normalized spacial score (nSPS) is 12.6. The van der Waals surface area contributed by atoms with Crippen LogP contribution in [0.25, 0.3) is 5.69 Å². The van der Waals surface area contributed by atoms with Gasteiger partial charge in [0.1, 0.15) is 11.9 Å². The molecule has 0 bridgehead atoms. The zero-order chi connectivity index (χ0) is 23.3. The largest absolute Gasteiger partial charge is 0.485 e. The van der Waals surface area contributed by atoms with E-state index < -0.39 is 17.7 Å². The topological polar surface area (TPSA) is 76.4 Å². The van der Waals surface area contributed by atoms with Gasteiger partial charge in [-0.25, -0.2) is 4.68 Å². The number of halogens is 3. The first kappa shape index (κ1) is 23.2. The maximum absolute atomic E-state index is 12.8. The number of aromatic nitrogens is 2. The third kappa shape index (κ3) is 6.03. The standard InChI is InChI=1S/C23H24F3N3O3/c1-15(2)22(16-3-5-18(6-4-16)27-12-11-21(30)31)32-20-9-7-19(8-10-20)29-14-17(13-28-29)23(24,25)26/h3-10,13-15,22,27H,11-12H2,1-2H3,(H,30,31). The average Bonchev–Trinajstić information content (AvgIpc) is 3.23. The number of anilines is 1. The van der Waals surface area contributed by atoms with Crippen molar-refractivity contribution in [3.05, 3.63) is 72.1 Å². The van der Waals surface area contributed by atoms with Crippen molar-refractivity contribution in [1.29, 1.82) is 0 Å². The molecule has 1 atom stereocenters. The second kappa shape index (κ2) is 9.76. The van der Waals surface area contributed by atoms with Crippen LogP contribution in [0.5, 0.6) is 5.75 Å². The Hall–Kier alpha value is -3.49. The number of carboxylic acid groups (broad SMARTS) is 1. The molecule has 1 aromatic heterocycles. The monoisotopic (exact) mass is 447 g/mol. The highest BCUT2D eigenvalue weighted by Crippen LogP contribution is 2.31. The van der Waals surface area contributed by atoms with Crippen molar-refractivity contribution in [1.82, 2.24) is 9.78 Å². The first-order valence-corrected chi connectivity index (χ1v) is 10.1. The molecule has 1 heterocycles. The summed E-state index contributed by atoms with van der Waals surface area (Å²) in [6.45, 7) is 4.40. The summed E-state index contributed by atoms with van der Waals surface area (Å²) in [7, 11) is 0. The molecule has 0 amide bonds. The SMILES string of the molecule is CC(C)C(Oc1ccc(-n2cc(C(F)(F)F)cn2)cc1)c1ccc(NCCC(=O)O)cc1. The number of alkyl halides is 3. The Morgan fingerprint density at radius 3 is 2.31 bits per heavy atom. The molecule has 0 aliphatic carbocycles. The lowest BCUT2D eigenvalue weighted by Crippen LogP contribution is -2.14. The molecule has 0 aliphatic rings. The third-order valence-electron chi connectivity index (χ3n) is 4.79. The number of hydrogen-bond donors (Lipinski definition) is 2. The molecule has 3 rings (SSSR count). The zero-order valence-electron chi connectivity index (χ0n) is 17.6. The smallest absolute Gasteiger partial charge is 0.419 e. The highest BCUT2D eigenvalue weighted by Gasteiger charge is 2.32. The number of carboxylic acids is 1. The molecule has 32 heavy (non-hydrogen) atoms. The maximum Gasteiger partial charge on any atom is 0.419 e. The lowest BCUT2D eigenvalue weighted by molar-refractivity contribution is -0.138. The van der Waals surface area contributed by atoms with Gasteiger partial charge in [0.2, 0.25) is 0 Å². The van der Waals surface area contributed by atoms with E-state index in [1.54, 1.807) is 24.3 Å². The second-order valence-corrected chi connectivity index (χ2v) is 7.64. The van der Waals surface area contributed by atoms with Crippen LogP contribution in [0.2, 0.25) is 0 Å². The van der Waals surface area contributed by atoms with Crippen LogP contribution >= 0.6 is 0 Å². The van der Waals surface area contributed by atoms with E-state index in [1.807, 2.05) is 38.1 Å². The lowest BCUT2D eigenvalue weighted by Gasteiger charge is -2.23. The number of carbonyl (C=O) groups is 1. The first-order chi connectivity index (χ1) is 15.1. The Balaban J connectivity index is 1.68. The Bertz CT molecular complexity index is 1030. The summed E-state index contributed by atoms with van der Waals surface area (Å²) in [6.07, 6.45) is -2.91. The van der Waals surface area contributed by atoms with E-state index in [-0.39, 0.29) is 18.4 Å². The zero-order valence-corrected chi connectivity index (χ0v) is 17.6. The molecule has 0 fully saturated rings. The number of nitrogens with zero attached hydrogens (tertiary/aromatic N) is 2. The molecule has 2 aromatic carbocycles. The van der Waals surface area contributed by atoms with Crippen molar-refractivity contribution in [3.63, 3.8) is 0 Å². The van der Waals surface area contributed by atoms with Crippen LogP contribution in [0.3, 0.4) is 0 Å². The van der Waals surface area contributed by atoms with Crippen molar-refractivity contribution in [2.24, 2.45) is 5.92 Å². The number of hydrogen-bond acceptors (Lipinski definition) is 4. The maximum atomic E-state index is 12.8. The van der Waals surface area contributed by atoms with Gasteiger partial charge in [-0.3, -0.25) is 4.79 Å². The number of benzene rings is 2. The highest BCUT2D eigenvalue weighted by molar-refractivity contribution is 5.67. The van der Waals surface area contributed by atoms with Gasteiger partial charge < -0.3 is 15.2 Å². The van der Waals surface area contributed by atoms with E-state index in [0.29, 0.717) is 18.0 Å². The molecule has 0 saturated carbocycles. The highest BCUT2D eigenvalue weighted by atomic mass is 19.4. The van der Waals surface area contributed by atoms with Gasteiger partial charge in [0.05, 0.1) is 23.9 Å². The number of aliphatic carboxylic acids is 1. The summed E-state index contributed by atoms with van der Waals surface area (Å²) < 4.78 is 45.7. The molecule has 6 nitrogen and oxygen atoms in total. The Morgan fingerprint density at radius 2 is 1.78 bits per heavy atom. The first-order valence-electron chi connectivity index (χ1n) is 10.1. The lowest BCUT2D eigenvalue weighted by atomic mass is 9.98. The van der Waals surface area contributed by atoms with Crippen molar-refractivity contribution in [3.8, 4) is 11.4 Å². The third-order valence-corrected chi connectivity index (χ3v) is 4.79. The van der Waals surface area contributed by atoms with Crippen molar-refractivity contribution in [2.75, 3.05) is 11.9 Å². The molecule has 9 heteroatoms. The molecule has 0 radical (unpaired) electrons. The van der Waals surface area contributed by atoms with Crippen LogP contribution in [-0.4, -0.2) is 27.4 Å². The molecule has 1 unspecified atom stereocenters. The minimum Gasteiger partial charge on any atom is -0.485 e. The van der Waals surface area contributed by atoms with Gasteiger partial charge in [0.15, 0.2) is 0 Å². The van der Waals surface area contributed by atoms with Crippen LogP contribution in [0.15, 0.2) is 60.9 Å². The Morgan fingerprint density at radius 1 is 1.12 bits per heavy atom. The van der Waals surface area contributed by atoms with Crippen LogP contribution in [0, 0.1) is 5.92 Å². The fourth-order valence-corrected chi connectivity index (χ4v) is 3.13. The van der Waals surface area contributed by atoms with Gasteiger partial charge in [-0.1, -0.05) is 26.0 Å². The van der Waals surface area contributed by atoms with Gasteiger partial charge in [-0.15, -0.1) is 0 Å². The van der Waals surface area contributed by atoms with E-state index >= 15 is 0 Å². The van der Waals surface area contributed by atoms with Crippen molar-refractivity contribution >= 4 is 11.7 Å². The minimum atomic E-state index is -4.44. The Labute approximate surface area is 183 Å². The number of ether oxygens (including phenoxy) is 1. The van der Waals surface area contributed by atoms with E-state index in [4.69, 9.17) is 9.84 Å². The summed E-state index contributed by atoms with van der Waals surface area (Å²) in [5.74, 6) is -0.123. The fourth-order valence-electron chi connectivity index (χ4n) is 3.13. The number of rotatable bonds is 9. The molecule has 0 saturated heterocycles. The van der Waals surface area contributed by atoms with Crippen LogP contribution < -0.4 is 10.1 Å². The van der Waals surface area contributed by atoms with Crippen LogP contribution in [0.4, 0.5) is 18.9 Å². The summed E-state index contributed by atoms with van der Waals surface area (Å²) in [5, 5.41) is 15.5.